The maximum Gasteiger partial charge on any atom is 0.407 e. The molecule has 5 atom stereocenters. The van der Waals surface area contributed by atoms with E-state index in [1.807, 2.05) is 86.6 Å². The first kappa shape index (κ1) is 29.8. The topological polar surface area (TPSA) is 127 Å². The standard InChI is InChI=1S/C31H40N4O4/c1-4-21(2)29(35-31(38)39-3)30(37)34-25(20-28(36)26(32)19-22-10-6-5-7-11-22)18-23-13-15-24(16-14-23)27-12-8-9-17-33-27/h5-17,21,25-26,28-29,36H,4,18-20,32H2,1-3H3,(H,34,37)(H,35,38)/t21-,25-,26-,28-,29-/m0/s1. The van der Waals surface area contributed by atoms with Gasteiger partial charge in [0, 0.05) is 23.8 Å². The van der Waals surface area contributed by atoms with Crippen molar-refractivity contribution in [3.05, 3.63) is 90.1 Å². The van der Waals surface area contributed by atoms with Crippen LogP contribution in [-0.4, -0.2) is 53.4 Å². The van der Waals surface area contributed by atoms with E-state index < -0.39 is 30.3 Å². The zero-order valence-electron chi connectivity index (χ0n) is 22.9. The molecule has 8 nitrogen and oxygen atoms in total. The third-order valence-corrected chi connectivity index (χ3v) is 7.03. The van der Waals surface area contributed by atoms with Crippen molar-refractivity contribution in [1.29, 1.82) is 0 Å². The van der Waals surface area contributed by atoms with E-state index in [0.717, 1.165) is 22.4 Å². The number of nitrogens with zero attached hydrogens (tertiary/aromatic N) is 1. The van der Waals surface area contributed by atoms with Gasteiger partial charge < -0.3 is 26.2 Å². The summed E-state index contributed by atoms with van der Waals surface area (Å²) in [6.07, 6.45) is 2.18. The van der Waals surface area contributed by atoms with Gasteiger partial charge in [-0.1, -0.05) is 80.9 Å². The number of hydrogen-bond acceptors (Lipinski definition) is 6. The number of nitrogens with one attached hydrogen (secondary N) is 2. The Morgan fingerprint density at radius 3 is 2.23 bits per heavy atom. The van der Waals surface area contributed by atoms with Crippen molar-refractivity contribution < 1.29 is 19.4 Å². The maximum atomic E-state index is 13.4. The zero-order valence-corrected chi connectivity index (χ0v) is 22.9. The maximum absolute atomic E-state index is 13.4. The van der Waals surface area contributed by atoms with Crippen LogP contribution in [0.4, 0.5) is 4.79 Å². The number of amides is 2. The Morgan fingerprint density at radius 2 is 1.62 bits per heavy atom. The van der Waals surface area contributed by atoms with Gasteiger partial charge in [0.2, 0.25) is 5.91 Å². The second-order valence-electron chi connectivity index (χ2n) is 9.98. The quantitative estimate of drug-likeness (QED) is 0.265. The largest absolute Gasteiger partial charge is 0.453 e. The average molecular weight is 533 g/mol. The molecule has 0 saturated carbocycles. The second kappa shape index (κ2) is 15.0. The van der Waals surface area contributed by atoms with Crippen LogP contribution in [0.5, 0.6) is 0 Å². The van der Waals surface area contributed by atoms with E-state index >= 15 is 0 Å². The Hall–Kier alpha value is -3.75. The van der Waals surface area contributed by atoms with Gasteiger partial charge in [0.05, 0.1) is 18.9 Å². The number of alkyl carbamates (subject to hydrolysis) is 1. The lowest BCUT2D eigenvalue weighted by molar-refractivity contribution is -0.125. The smallest absolute Gasteiger partial charge is 0.407 e. The Bertz CT molecular complexity index is 1160. The van der Waals surface area contributed by atoms with Crippen molar-refractivity contribution in [2.24, 2.45) is 11.7 Å². The second-order valence-corrected chi connectivity index (χ2v) is 9.98. The molecule has 0 aliphatic heterocycles. The number of benzene rings is 2. The van der Waals surface area contributed by atoms with Gasteiger partial charge in [0.25, 0.3) is 0 Å². The normalized spacial score (nSPS) is 14.9. The van der Waals surface area contributed by atoms with E-state index in [9.17, 15) is 14.7 Å². The van der Waals surface area contributed by atoms with Gasteiger partial charge in [0.1, 0.15) is 6.04 Å². The first-order valence-corrected chi connectivity index (χ1v) is 13.4. The lowest BCUT2D eigenvalue weighted by atomic mass is 9.92. The molecular weight excluding hydrogens is 492 g/mol. The van der Waals surface area contributed by atoms with Gasteiger partial charge in [-0.2, -0.15) is 0 Å². The Morgan fingerprint density at radius 1 is 0.949 bits per heavy atom. The van der Waals surface area contributed by atoms with Crippen LogP contribution in [0.25, 0.3) is 11.3 Å². The summed E-state index contributed by atoms with van der Waals surface area (Å²) in [5.74, 6) is -0.443. The number of aromatic nitrogens is 1. The number of aliphatic hydroxyl groups excluding tert-OH is 1. The van der Waals surface area contributed by atoms with Crippen LogP contribution in [0.2, 0.25) is 0 Å². The number of hydrogen-bond donors (Lipinski definition) is 4. The molecule has 0 spiro atoms. The highest BCUT2D eigenvalue weighted by Gasteiger charge is 2.29. The lowest BCUT2D eigenvalue weighted by Gasteiger charge is -2.29. The van der Waals surface area contributed by atoms with Gasteiger partial charge in [-0.25, -0.2) is 4.79 Å². The zero-order chi connectivity index (χ0) is 28.2. The van der Waals surface area contributed by atoms with Crippen LogP contribution in [0.3, 0.4) is 0 Å². The molecule has 8 heteroatoms. The first-order valence-electron chi connectivity index (χ1n) is 13.4. The SMILES string of the molecule is CC[C@H](C)[C@H](NC(=O)OC)C(=O)N[C@@H](Cc1ccc(-c2ccccn2)cc1)C[C@H](O)[C@@H](N)Cc1ccccc1. The van der Waals surface area contributed by atoms with Crippen molar-refractivity contribution in [3.8, 4) is 11.3 Å². The van der Waals surface area contributed by atoms with Crippen molar-refractivity contribution in [3.63, 3.8) is 0 Å². The minimum Gasteiger partial charge on any atom is -0.453 e. The highest BCUT2D eigenvalue weighted by molar-refractivity contribution is 5.86. The number of aliphatic hydroxyl groups is 1. The van der Waals surface area contributed by atoms with Crippen LogP contribution >= 0.6 is 0 Å². The fourth-order valence-corrected chi connectivity index (χ4v) is 4.49. The molecule has 0 saturated heterocycles. The van der Waals surface area contributed by atoms with Gasteiger partial charge in [-0.05, 0) is 48.4 Å². The number of methoxy groups -OCH3 is 1. The highest BCUT2D eigenvalue weighted by atomic mass is 16.5. The van der Waals surface area contributed by atoms with Crippen LogP contribution in [-0.2, 0) is 22.4 Å². The fourth-order valence-electron chi connectivity index (χ4n) is 4.49. The van der Waals surface area contributed by atoms with E-state index in [1.54, 1.807) is 6.20 Å². The van der Waals surface area contributed by atoms with Gasteiger partial charge in [-0.15, -0.1) is 0 Å². The molecule has 5 N–H and O–H groups in total. The van der Waals surface area contributed by atoms with E-state index in [2.05, 4.69) is 15.6 Å². The number of carbonyl (C=O) groups excluding carboxylic acids is 2. The van der Waals surface area contributed by atoms with Crippen LogP contribution < -0.4 is 16.4 Å². The van der Waals surface area contributed by atoms with E-state index in [4.69, 9.17) is 10.5 Å². The molecule has 1 heterocycles. The molecule has 1 aromatic heterocycles. The third-order valence-electron chi connectivity index (χ3n) is 7.03. The fraction of sp³-hybridized carbons (Fsp3) is 0.387. The number of pyridine rings is 1. The number of nitrogens with two attached hydrogens (primary N) is 1. The molecule has 39 heavy (non-hydrogen) atoms. The summed E-state index contributed by atoms with van der Waals surface area (Å²) in [5.41, 5.74) is 10.3. The van der Waals surface area contributed by atoms with Gasteiger partial charge in [-0.3, -0.25) is 9.78 Å². The highest BCUT2D eigenvalue weighted by Crippen LogP contribution is 2.19. The molecule has 0 bridgehead atoms. The molecule has 208 valence electrons. The average Bonchev–Trinajstić information content (AvgIpc) is 2.96. The predicted molar refractivity (Wildman–Crippen MR) is 153 cm³/mol. The molecule has 3 aromatic rings. The number of ether oxygens (including phenoxy) is 1. The van der Waals surface area contributed by atoms with Gasteiger partial charge in [0.15, 0.2) is 0 Å². The summed E-state index contributed by atoms with van der Waals surface area (Å²) in [6.45, 7) is 3.85. The van der Waals surface area contributed by atoms with E-state index in [0.29, 0.717) is 19.3 Å². The molecule has 2 amide bonds. The molecule has 0 aliphatic carbocycles. The van der Waals surface area contributed by atoms with Crippen molar-refractivity contribution in [2.75, 3.05) is 7.11 Å². The van der Waals surface area contributed by atoms with Crippen molar-refractivity contribution in [1.82, 2.24) is 15.6 Å². The Kier molecular flexibility index (Phi) is 11.5. The van der Waals surface area contributed by atoms with Crippen molar-refractivity contribution in [2.45, 2.75) is 63.8 Å². The van der Waals surface area contributed by atoms with Crippen LogP contribution in [0, 0.1) is 5.92 Å². The summed E-state index contributed by atoms with van der Waals surface area (Å²) in [5, 5.41) is 16.8. The molecule has 0 fully saturated rings. The van der Waals surface area contributed by atoms with Crippen molar-refractivity contribution >= 4 is 12.0 Å². The minimum atomic E-state index is -0.848. The Balaban J connectivity index is 1.77. The molecule has 3 rings (SSSR count). The third kappa shape index (κ3) is 9.19. The summed E-state index contributed by atoms with van der Waals surface area (Å²) >= 11 is 0. The molecule has 0 unspecified atom stereocenters. The summed E-state index contributed by atoms with van der Waals surface area (Å²) in [4.78, 5) is 29.7. The number of carbonyl (C=O) groups is 2. The van der Waals surface area contributed by atoms with E-state index in [1.165, 1.54) is 7.11 Å². The van der Waals surface area contributed by atoms with E-state index in [-0.39, 0.29) is 18.2 Å². The number of rotatable bonds is 13. The van der Waals surface area contributed by atoms with Gasteiger partial charge >= 0.3 is 6.09 Å². The summed E-state index contributed by atoms with van der Waals surface area (Å²) < 4.78 is 4.73. The predicted octanol–water partition coefficient (Wildman–Crippen LogP) is 3.87. The monoisotopic (exact) mass is 532 g/mol. The molecular formula is C31H40N4O4. The minimum absolute atomic E-state index is 0.118. The summed E-state index contributed by atoms with van der Waals surface area (Å²) in [6, 6.07) is 21.8. The van der Waals surface area contributed by atoms with Crippen LogP contribution in [0.15, 0.2) is 79.0 Å². The molecule has 0 radical (unpaired) electrons. The lowest BCUT2D eigenvalue weighted by Crippen LogP contribution is -2.54. The van der Waals surface area contributed by atoms with Crippen LogP contribution in [0.1, 0.15) is 37.8 Å². The molecule has 0 aliphatic rings. The Labute approximate surface area is 231 Å². The molecule has 2 aromatic carbocycles. The first-order chi connectivity index (χ1) is 18.8. The summed E-state index contributed by atoms with van der Waals surface area (Å²) in [7, 11) is 1.27.